The number of rotatable bonds is 7. The Bertz CT molecular complexity index is 969. The standard InChI is InChI=1S/C22H28N2O5S/c1-16-8-10-18(11-9-16)30(26,27)23-21(19-6-4-5-7-20(19)28-3)17(2)22(25)24-12-14-29-15-13-24/h4-11,17,21,23H,12-15H2,1-3H3/t17-,21+/m1/s1. The van der Waals surface area contributed by atoms with Gasteiger partial charge in [-0.3, -0.25) is 4.79 Å². The molecule has 1 saturated heterocycles. The highest BCUT2D eigenvalue weighted by molar-refractivity contribution is 7.89. The summed E-state index contributed by atoms with van der Waals surface area (Å²) in [7, 11) is -2.33. The molecule has 8 heteroatoms. The molecule has 0 saturated carbocycles. The number of sulfonamides is 1. The highest BCUT2D eigenvalue weighted by Gasteiger charge is 2.34. The Kier molecular flexibility index (Phi) is 7.12. The summed E-state index contributed by atoms with van der Waals surface area (Å²) in [4.78, 5) is 15.0. The first kappa shape index (κ1) is 22.3. The summed E-state index contributed by atoms with van der Waals surface area (Å²) in [6, 6.07) is 13.0. The smallest absolute Gasteiger partial charge is 0.241 e. The molecule has 0 radical (unpaired) electrons. The Hall–Kier alpha value is -2.42. The van der Waals surface area contributed by atoms with Crippen molar-refractivity contribution >= 4 is 15.9 Å². The molecule has 7 nitrogen and oxygen atoms in total. The van der Waals surface area contributed by atoms with Crippen LogP contribution in [0.3, 0.4) is 0 Å². The number of carbonyl (C=O) groups is 1. The molecule has 3 rings (SSSR count). The molecule has 0 unspecified atom stereocenters. The normalized spacial score (nSPS) is 16.7. The van der Waals surface area contributed by atoms with Crippen molar-refractivity contribution in [1.82, 2.24) is 9.62 Å². The number of benzene rings is 2. The molecule has 2 aromatic rings. The van der Waals surface area contributed by atoms with E-state index in [0.29, 0.717) is 37.6 Å². The van der Waals surface area contributed by atoms with Crippen LogP contribution in [-0.2, 0) is 19.6 Å². The highest BCUT2D eigenvalue weighted by Crippen LogP contribution is 2.32. The lowest BCUT2D eigenvalue weighted by Crippen LogP contribution is -2.46. The molecule has 1 N–H and O–H groups in total. The summed E-state index contributed by atoms with van der Waals surface area (Å²) < 4.78 is 39.8. The van der Waals surface area contributed by atoms with Crippen molar-refractivity contribution in [2.24, 2.45) is 5.92 Å². The average molecular weight is 433 g/mol. The lowest BCUT2D eigenvalue weighted by atomic mass is 9.93. The Morgan fingerprint density at radius 3 is 2.37 bits per heavy atom. The molecule has 2 atom stereocenters. The van der Waals surface area contributed by atoms with Crippen LogP contribution in [0.5, 0.6) is 5.75 Å². The molecule has 1 fully saturated rings. The van der Waals surface area contributed by atoms with Crippen molar-refractivity contribution in [2.45, 2.75) is 24.8 Å². The fraction of sp³-hybridized carbons (Fsp3) is 0.409. The van der Waals surface area contributed by atoms with E-state index in [4.69, 9.17) is 9.47 Å². The molecular formula is C22H28N2O5S. The minimum absolute atomic E-state index is 0.124. The Morgan fingerprint density at radius 2 is 1.73 bits per heavy atom. The van der Waals surface area contributed by atoms with Gasteiger partial charge in [0.15, 0.2) is 0 Å². The van der Waals surface area contributed by atoms with Crippen LogP contribution in [-0.4, -0.2) is 52.6 Å². The first-order valence-electron chi connectivity index (χ1n) is 9.92. The molecule has 0 aromatic heterocycles. The van der Waals surface area contributed by atoms with Gasteiger partial charge in [0.1, 0.15) is 5.75 Å². The van der Waals surface area contributed by atoms with E-state index < -0.39 is 22.0 Å². The van der Waals surface area contributed by atoms with Gasteiger partial charge >= 0.3 is 0 Å². The summed E-state index contributed by atoms with van der Waals surface area (Å²) in [5.41, 5.74) is 1.58. The summed E-state index contributed by atoms with van der Waals surface area (Å²) in [5.74, 6) is -0.240. The predicted molar refractivity (Wildman–Crippen MR) is 114 cm³/mol. The van der Waals surface area contributed by atoms with Crippen LogP contribution < -0.4 is 9.46 Å². The third-order valence-corrected chi connectivity index (χ3v) is 6.76. The number of hydrogen-bond donors (Lipinski definition) is 1. The van der Waals surface area contributed by atoms with Gasteiger partial charge in [-0.1, -0.05) is 42.8 Å². The molecule has 30 heavy (non-hydrogen) atoms. The maximum Gasteiger partial charge on any atom is 0.241 e. The van der Waals surface area contributed by atoms with Crippen LogP contribution in [0.25, 0.3) is 0 Å². The summed E-state index contributed by atoms with van der Waals surface area (Å²) in [5, 5.41) is 0. The van der Waals surface area contributed by atoms with E-state index in [1.807, 2.05) is 13.0 Å². The molecule has 0 spiro atoms. The molecule has 1 amide bonds. The van der Waals surface area contributed by atoms with E-state index in [0.717, 1.165) is 5.56 Å². The SMILES string of the molecule is COc1ccccc1[C@@H](NS(=O)(=O)c1ccc(C)cc1)[C@@H](C)C(=O)N1CCOCC1. The second kappa shape index (κ2) is 9.59. The number of ether oxygens (including phenoxy) is 2. The number of para-hydroxylation sites is 1. The first-order valence-corrected chi connectivity index (χ1v) is 11.4. The number of aryl methyl sites for hydroxylation is 1. The summed E-state index contributed by atoms with van der Waals surface area (Å²) in [6.07, 6.45) is 0. The topological polar surface area (TPSA) is 84.9 Å². The number of hydrogen-bond acceptors (Lipinski definition) is 5. The van der Waals surface area contributed by atoms with E-state index in [1.54, 1.807) is 54.3 Å². The van der Waals surface area contributed by atoms with Gasteiger partial charge in [0.25, 0.3) is 0 Å². The fourth-order valence-electron chi connectivity index (χ4n) is 3.53. The van der Waals surface area contributed by atoms with E-state index in [2.05, 4.69) is 4.72 Å². The summed E-state index contributed by atoms with van der Waals surface area (Å²) in [6.45, 7) is 5.58. The van der Waals surface area contributed by atoms with Gasteiger partial charge in [0.2, 0.25) is 15.9 Å². The Balaban J connectivity index is 1.96. The predicted octanol–water partition coefficient (Wildman–Crippen LogP) is 2.52. The largest absolute Gasteiger partial charge is 0.496 e. The van der Waals surface area contributed by atoms with Crippen molar-refractivity contribution < 1.29 is 22.7 Å². The molecule has 2 aromatic carbocycles. The molecule has 162 valence electrons. The number of nitrogens with zero attached hydrogens (tertiary/aromatic N) is 1. The van der Waals surface area contributed by atoms with Crippen LogP contribution in [0.1, 0.15) is 24.1 Å². The van der Waals surface area contributed by atoms with Crippen LogP contribution in [0.2, 0.25) is 0 Å². The zero-order valence-corrected chi connectivity index (χ0v) is 18.3. The second-order valence-corrected chi connectivity index (χ2v) is 9.09. The van der Waals surface area contributed by atoms with Crippen molar-refractivity contribution in [1.29, 1.82) is 0 Å². The number of nitrogens with one attached hydrogen (secondary N) is 1. The van der Waals surface area contributed by atoms with Gasteiger partial charge < -0.3 is 14.4 Å². The number of carbonyl (C=O) groups excluding carboxylic acids is 1. The maximum absolute atomic E-state index is 13.2. The van der Waals surface area contributed by atoms with Crippen molar-refractivity contribution in [2.75, 3.05) is 33.4 Å². The number of morpholine rings is 1. The number of amides is 1. The van der Waals surface area contributed by atoms with Crippen molar-refractivity contribution in [3.63, 3.8) is 0 Å². The van der Waals surface area contributed by atoms with Gasteiger partial charge in [0, 0.05) is 18.7 Å². The lowest BCUT2D eigenvalue weighted by molar-refractivity contribution is -0.139. The minimum Gasteiger partial charge on any atom is -0.496 e. The Labute approximate surface area is 178 Å². The lowest BCUT2D eigenvalue weighted by Gasteiger charge is -2.33. The van der Waals surface area contributed by atoms with E-state index in [-0.39, 0.29) is 10.8 Å². The highest BCUT2D eigenvalue weighted by atomic mass is 32.2. The van der Waals surface area contributed by atoms with Crippen LogP contribution >= 0.6 is 0 Å². The molecule has 0 aliphatic carbocycles. The zero-order valence-electron chi connectivity index (χ0n) is 17.5. The fourth-order valence-corrected chi connectivity index (χ4v) is 4.82. The van der Waals surface area contributed by atoms with E-state index in [9.17, 15) is 13.2 Å². The van der Waals surface area contributed by atoms with Gasteiger partial charge in [-0.25, -0.2) is 13.1 Å². The third-order valence-electron chi connectivity index (χ3n) is 5.30. The third kappa shape index (κ3) is 5.00. The van der Waals surface area contributed by atoms with Gasteiger partial charge in [-0.15, -0.1) is 0 Å². The average Bonchev–Trinajstić information content (AvgIpc) is 2.77. The quantitative estimate of drug-likeness (QED) is 0.727. The van der Waals surface area contributed by atoms with Gasteiger partial charge in [-0.2, -0.15) is 0 Å². The Morgan fingerprint density at radius 1 is 1.10 bits per heavy atom. The van der Waals surface area contributed by atoms with Crippen LogP contribution in [0, 0.1) is 12.8 Å². The molecule has 1 aliphatic rings. The van der Waals surface area contributed by atoms with Gasteiger partial charge in [0.05, 0.1) is 37.2 Å². The summed E-state index contributed by atoms with van der Waals surface area (Å²) >= 11 is 0. The zero-order chi connectivity index (χ0) is 21.7. The van der Waals surface area contributed by atoms with E-state index >= 15 is 0 Å². The van der Waals surface area contributed by atoms with Crippen LogP contribution in [0.15, 0.2) is 53.4 Å². The molecule has 1 heterocycles. The second-order valence-electron chi connectivity index (χ2n) is 7.38. The van der Waals surface area contributed by atoms with Gasteiger partial charge in [-0.05, 0) is 25.1 Å². The monoisotopic (exact) mass is 432 g/mol. The number of methoxy groups -OCH3 is 1. The molecular weight excluding hydrogens is 404 g/mol. The first-order chi connectivity index (χ1) is 14.3. The minimum atomic E-state index is -3.86. The van der Waals surface area contributed by atoms with Crippen LogP contribution in [0.4, 0.5) is 0 Å². The maximum atomic E-state index is 13.2. The van der Waals surface area contributed by atoms with Crippen molar-refractivity contribution in [3.8, 4) is 5.75 Å². The van der Waals surface area contributed by atoms with E-state index in [1.165, 1.54) is 7.11 Å². The van der Waals surface area contributed by atoms with Crippen molar-refractivity contribution in [3.05, 3.63) is 59.7 Å². The molecule has 0 bridgehead atoms. The molecule has 1 aliphatic heterocycles.